The molecule has 0 saturated heterocycles. The van der Waals surface area contributed by atoms with Crippen LogP contribution < -0.4 is 5.32 Å². The van der Waals surface area contributed by atoms with Crippen molar-refractivity contribution in [2.24, 2.45) is 0 Å². The normalized spacial score (nSPS) is 12.2. The zero-order chi connectivity index (χ0) is 12.3. The Morgan fingerprint density at radius 2 is 1.71 bits per heavy atom. The van der Waals surface area contributed by atoms with Gasteiger partial charge in [-0.2, -0.15) is 0 Å². The van der Waals surface area contributed by atoms with Gasteiger partial charge >= 0.3 is 0 Å². The lowest BCUT2D eigenvalue weighted by atomic mass is 10.1. The van der Waals surface area contributed by atoms with Crippen LogP contribution in [0.3, 0.4) is 0 Å². The number of nitrogens with one attached hydrogen (secondary N) is 1. The third-order valence-corrected chi connectivity index (χ3v) is 4.04. The molecule has 0 heterocycles. The Labute approximate surface area is 124 Å². The van der Waals surface area contributed by atoms with Gasteiger partial charge in [-0.05, 0) is 65.4 Å². The van der Waals surface area contributed by atoms with Gasteiger partial charge in [0.25, 0.3) is 0 Å². The van der Waals surface area contributed by atoms with Gasteiger partial charge in [0.15, 0.2) is 0 Å². The van der Waals surface area contributed by atoms with Gasteiger partial charge in [-0.15, -0.1) is 0 Å². The molecule has 17 heavy (non-hydrogen) atoms. The highest BCUT2D eigenvalue weighted by Gasteiger charge is 2.08. The topological polar surface area (TPSA) is 12.0 Å². The van der Waals surface area contributed by atoms with Gasteiger partial charge in [-0.1, -0.05) is 34.1 Å². The molecular weight excluding hydrogens is 389 g/mol. The average Bonchev–Trinajstić information content (AvgIpc) is 2.32. The zero-order valence-electron chi connectivity index (χ0n) is 9.45. The van der Waals surface area contributed by atoms with Crippen molar-refractivity contribution in [3.05, 3.63) is 62.1 Å². The van der Waals surface area contributed by atoms with Crippen molar-refractivity contribution in [2.45, 2.75) is 13.0 Å². The van der Waals surface area contributed by atoms with Crippen LogP contribution in [0.4, 0.5) is 5.69 Å². The van der Waals surface area contributed by atoms with Gasteiger partial charge in [0, 0.05) is 19.8 Å². The quantitative estimate of drug-likeness (QED) is 0.694. The highest BCUT2D eigenvalue weighted by molar-refractivity contribution is 14.1. The smallest absolute Gasteiger partial charge is 0.0496 e. The molecule has 0 fully saturated rings. The number of hydrogen-bond acceptors (Lipinski definition) is 1. The summed E-state index contributed by atoms with van der Waals surface area (Å²) in [5.74, 6) is 0. The Bertz CT molecular complexity index is 496. The Balaban J connectivity index is 2.14. The molecule has 0 aliphatic heterocycles. The van der Waals surface area contributed by atoms with E-state index in [4.69, 9.17) is 0 Å². The Morgan fingerprint density at radius 3 is 2.35 bits per heavy atom. The van der Waals surface area contributed by atoms with Gasteiger partial charge in [-0.3, -0.25) is 0 Å². The van der Waals surface area contributed by atoms with Crippen molar-refractivity contribution in [2.75, 3.05) is 5.32 Å². The first-order valence-corrected chi connectivity index (χ1v) is 7.30. The fraction of sp³-hybridized carbons (Fsp3) is 0.143. The van der Waals surface area contributed by atoms with Gasteiger partial charge in [0.05, 0.1) is 0 Å². The average molecular weight is 402 g/mol. The van der Waals surface area contributed by atoms with Crippen molar-refractivity contribution in [1.82, 2.24) is 0 Å². The highest BCUT2D eigenvalue weighted by atomic mass is 127. The SMILES string of the molecule is CC(Nc1ccc(I)cc1)c1ccccc1Br. The molecule has 3 heteroatoms. The summed E-state index contributed by atoms with van der Waals surface area (Å²) in [6.45, 7) is 2.16. The summed E-state index contributed by atoms with van der Waals surface area (Å²) in [6.07, 6.45) is 0. The first-order chi connectivity index (χ1) is 8.16. The van der Waals surface area contributed by atoms with E-state index in [1.54, 1.807) is 0 Å². The molecule has 1 atom stereocenters. The van der Waals surface area contributed by atoms with Crippen LogP contribution in [0.2, 0.25) is 0 Å². The summed E-state index contributed by atoms with van der Waals surface area (Å²) >= 11 is 5.89. The zero-order valence-corrected chi connectivity index (χ0v) is 13.2. The molecule has 1 nitrogen and oxygen atoms in total. The Kier molecular flexibility index (Phi) is 4.45. The monoisotopic (exact) mass is 401 g/mol. The lowest BCUT2D eigenvalue weighted by molar-refractivity contribution is 0.879. The molecular formula is C14H13BrIN. The Morgan fingerprint density at radius 1 is 1.06 bits per heavy atom. The lowest BCUT2D eigenvalue weighted by Gasteiger charge is -2.17. The van der Waals surface area contributed by atoms with E-state index < -0.39 is 0 Å². The minimum absolute atomic E-state index is 0.283. The Hall–Kier alpha value is -0.550. The maximum absolute atomic E-state index is 3.58. The maximum Gasteiger partial charge on any atom is 0.0496 e. The molecule has 2 aromatic rings. The largest absolute Gasteiger partial charge is 0.378 e. The predicted molar refractivity (Wildman–Crippen MR) is 85.3 cm³/mol. The molecule has 0 saturated carbocycles. The molecule has 0 spiro atoms. The van der Waals surface area contributed by atoms with Gasteiger partial charge in [0.1, 0.15) is 0 Å². The van der Waals surface area contributed by atoms with Gasteiger partial charge < -0.3 is 5.32 Å². The number of halogens is 2. The van der Waals surface area contributed by atoms with E-state index in [0.717, 1.165) is 10.2 Å². The summed E-state index contributed by atoms with van der Waals surface area (Å²) < 4.78 is 2.40. The van der Waals surface area contributed by atoms with Crippen LogP contribution in [0, 0.1) is 3.57 Å². The van der Waals surface area contributed by atoms with E-state index in [1.807, 2.05) is 6.07 Å². The van der Waals surface area contributed by atoms with Gasteiger partial charge in [-0.25, -0.2) is 0 Å². The van der Waals surface area contributed by atoms with Crippen molar-refractivity contribution in [1.29, 1.82) is 0 Å². The standard InChI is InChI=1S/C14H13BrIN/c1-10(13-4-2-3-5-14(13)15)17-12-8-6-11(16)7-9-12/h2-10,17H,1H3. The first-order valence-electron chi connectivity index (χ1n) is 5.43. The molecule has 1 N–H and O–H groups in total. The summed E-state index contributed by atoms with van der Waals surface area (Å²) in [4.78, 5) is 0. The molecule has 0 radical (unpaired) electrons. The van der Waals surface area contributed by atoms with E-state index in [2.05, 4.69) is 93.2 Å². The van der Waals surface area contributed by atoms with E-state index in [0.29, 0.717) is 0 Å². The van der Waals surface area contributed by atoms with Crippen LogP contribution in [0.5, 0.6) is 0 Å². The van der Waals surface area contributed by atoms with E-state index >= 15 is 0 Å². The summed E-state index contributed by atoms with van der Waals surface area (Å²) in [5.41, 5.74) is 2.42. The third-order valence-electron chi connectivity index (χ3n) is 2.60. The second-order valence-corrected chi connectivity index (χ2v) is 5.99. The van der Waals surface area contributed by atoms with Crippen LogP contribution in [-0.2, 0) is 0 Å². The van der Waals surface area contributed by atoms with Crippen LogP contribution in [0.25, 0.3) is 0 Å². The van der Waals surface area contributed by atoms with Crippen molar-refractivity contribution in [3.63, 3.8) is 0 Å². The molecule has 0 aromatic heterocycles. The lowest BCUT2D eigenvalue weighted by Crippen LogP contribution is -2.07. The molecule has 1 unspecified atom stereocenters. The van der Waals surface area contributed by atoms with Crippen molar-refractivity contribution in [3.8, 4) is 0 Å². The number of rotatable bonds is 3. The van der Waals surface area contributed by atoms with E-state index in [9.17, 15) is 0 Å². The second kappa shape index (κ2) is 5.87. The molecule has 88 valence electrons. The van der Waals surface area contributed by atoms with E-state index in [1.165, 1.54) is 9.13 Å². The van der Waals surface area contributed by atoms with E-state index in [-0.39, 0.29) is 6.04 Å². The summed E-state index contributed by atoms with van der Waals surface area (Å²) in [6, 6.07) is 17.0. The number of benzene rings is 2. The minimum atomic E-state index is 0.283. The third kappa shape index (κ3) is 3.45. The molecule has 0 aliphatic carbocycles. The number of hydrogen-bond donors (Lipinski definition) is 1. The predicted octanol–water partition coefficient (Wildman–Crippen LogP) is 5.23. The molecule has 2 rings (SSSR count). The fourth-order valence-electron chi connectivity index (χ4n) is 1.70. The molecule has 0 bridgehead atoms. The summed E-state index contributed by atoms with van der Waals surface area (Å²) in [5, 5.41) is 3.49. The van der Waals surface area contributed by atoms with Crippen LogP contribution in [0.1, 0.15) is 18.5 Å². The first kappa shape index (κ1) is 12.9. The van der Waals surface area contributed by atoms with Crippen molar-refractivity contribution >= 4 is 44.2 Å². The van der Waals surface area contributed by atoms with Crippen molar-refractivity contribution < 1.29 is 0 Å². The van der Waals surface area contributed by atoms with Gasteiger partial charge in [0.2, 0.25) is 0 Å². The second-order valence-electron chi connectivity index (χ2n) is 3.89. The summed E-state index contributed by atoms with van der Waals surface area (Å²) in [7, 11) is 0. The maximum atomic E-state index is 3.58. The molecule has 0 aliphatic rings. The van der Waals surface area contributed by atoms with Crippen LogP contribution in [0.15, 0.2) is 53.0 Å². The van der Waals surface area contributed by atoms with Crippen LogP contribution in [-0.4, -0.2) is 0 Å². The minimum Gasteiger partial charge on any atom is -0.378 e. The fourth-order valence-corrected chi connectivity index (χ4v) is 2.69. The van der Waals surface area contributed by atoms with Crippen LogP contribution >= 0.6 is 38.5 Å². The highest BCUT2D eigenvalue weighted by Crippen LogP contribution is 2.26. The molecule has 0 amide bonds. The molecule has 2 aromatic carbocycles. The number of anilines is 1.